The summed E-state index contributed by atoms with van der Waals surface area (Å²) in [5.41, 5.74) is 10.2. The Balaban J connectivity index is 3.55. The Morgan fingerprint density at radius 3 is 2.70 bits per heavy atom. The first-order valence-corrected chi connectivity index (χ1v) is 3.40. The molecule has 3 nitrogen and oxygen atoms in total. The van der Waals surface area contributed by atoms with Crippen molar-refractivity contribution < 1.29 is 4.79 Å². The van der Waals surface area contributed by atoms with Gasteiger partial charge in [-0.25, -0.2) is 0 Å². The van der Waals surface area contributed by atoms with E-state index in [1.54, 1.807) is 6.08 Å². The zero-order chi connectivity index (χ0) is 7.98. The third-order valence-electron chi connectivity index (χ3n) is 1.13. The Bertz CT molecular complexity index is 132. The normalized spacial score (nSPS) is 13.8. The Labute approximate surface area is 61.1 Å². The molecule has 10 heavy (non-hydrogen) atoms. The molecule has 0 aromatic carbocycles. The van der Waals surface area contributed by atoms with E-state index in [1.165, 1.54) is 0 Å². The van der Waals surface area contributed by atoms with Gasteiger partial charge < -0.3 is 11.5 Å². The molecule has 0 heterocycles. The molecular formula is C7H14N2O. The van der Waals surface area contributed by atoms with Gasteiger partial charge in [-0.05, 0) is 6.42 Å². The monoisotopic (exact) mass is 142 g/mol. The summed E-state index contributed by atoms with van der Waals surface area (Å²) in [4.78, 5) is 10.3. The molecule has 0 aliphatic heterocycles. The zero-order valence-electron chi connectivity index (χ0n) is 6.21. The van der Waals surface area contributed by atoms with Crippen LogP contribution in [0.5, 0.6) is 0 Å². The van der Waals surface area contributed by atoms with Crippen LogP contribution in [0.4, 0.5) is 0 Å². The summed E-state index contributed by atoms with van der Waals surface area (Å²) in [5.74, 6) is -0.479. The van der Waals surface area contributed by atoms with Gasteiger partial charge in [-0.3, -0.25) is 4.79 Å². The van der Waals surface area contributed by atoms with Gasteiger partial charge in [0.2, 0.25) is 5.91 Å². The van der Waals surface area contributed by atoms with E-state index in [2.05, 4.69) is 6.92 Å². The second kappa shape index (κ2) is 4.99. The van der Waals surface area contributed by atoms with Gasteiger partial charge in [-0.15, -0.1) is 0 Å². The number of carbonyl (C=O) groups is 1. The number of hydrogen-bond acceptors (Lipinski definition) is 2. The minimum atomic E-state index is -0.619. The van der Waals surface area contributed by atoms with Crippen LogP contribution >= 0.6 is 0 Å². The summed E-state index contributed by atoms with van der Waals surface area (Å²) in [6.45, 7) is 2.06. The van der Waals surface area contributed by atoms with Gasteiger partial charge in [-0.2, -0.15) is 0 Å². The van der Waals surface area contributed by atoms with Crippen molar-refractivity contribution in [3.8, 4) is 0 Å². The number of rotatable bonds is 4. The number of unbranched alkanes of at least 4 members (excludes halogenated alkanes) is 1. The lowest BCUT2D eigenvalue weighted by molar-refractivity contribution is -0.118. The van der Waals surface area contributed by atoms with Crippen LogP contribution in [-0.4, -0.2) is 11.9 Å². The molecule has 0 saturated heterocycles. The van der Waals surface area contributed by atoms with Crippen LogP contribution in [0.2, 0.25) is 0 Å². The molecule has 0 aliphatic carbocycles. The third-order valence-corrected chi connectivity index (χ3v) is 1.13. The zero-order valence-corrected chi connectivity index (χ0v) is 6.21. The van der Waals surface area contributed by atoms with E-state index in [1.807, 2.05) is 6.08 Å². The van der Waals surface area contributed by atoms with E-state index in [0.29, 0.717) is 0 Å². The molecule has 0 fully saturated rings. The molecule has 0 aromatic rings. The van der Waals surface area contributed by atoms with E-state index >= 15 is 0 Å². The van der Waals surface area contributed by atoms with Crippen molar-refractivity contribution >= 4 is 5.91 Å². The average molecular weight is 142 g/mol. The fourth-order valence-corrected chi connectivity index (χ4v) is 0.504. The topological polar surface area (TPSA) is 69.1 Å². The highest BCUT2D eigenvalue weighted by Gasteiger charge is 2.01. The summed E-state index contributed by atoms with van der Waals surface area (Å²) in [6.07, 6.45) is 5.50. The molecule has 1 atom stereocenters. The Morgan fingerprint density at radius 2 is 2.30 bits per heavy atom. The van der Waals surface area contributed by atoms with Crippen LogP contribution in [-0.2, 0) is 4.79 Å². The second-order valence-electron chi connectivity index (χ2n) is 2.14. The van der Waals surface area contributed by atoms with Crippen LogP contribution < -0.4 is 11.5 Å². The van der Waals surface area contributed by atoms with Crippen molar-refractivity contribution in [2.24, 2.45) is 11.5 Å². The summed E-state index contributed by atoms with van der Waals surface area (Å²) in [7, 11) is 0. The van der Waals surface area contributed by atoms with Gasteiger partial charge in [0.1, 0.15) is 6.04 Å². The van der Waals surface area contributed by atoms with Crippen molar-refractivity contribution in [2.45, 2.75) is 25.8 Å². The fourth-order valence-electron chi connectivity index (χ4n) is 0.504. The maximum atomic E-state index is 10.3. The van der Waals surface area contributed by atoms with Gasteiger partial charge in [0, 0.05) is 0 Å². The Hall–Kier alpha value is -0.830. The maximum Gasteiger partial charge on any atom is 0.238 e. The molecule has 0 rings (SSSR count). The van der Waals surface area contributed by atoms with Gasteiger partial charge in [-0.1, -0.05) is 25.5 Å². The molecule has 1 unspecified atom stereocenters. The molecule has 0 radical (unpaired) electrons. The Morgan fingerprint density at radius 1 is 1.70 bits per heavy atom. The Kier molecular flexibility index (Phi) is 4.58. The molecule has 1 amide bonds. The van der Waals surface area contributed by atoms with Gasteiger partial charge >= 0.3 is 0 Å². The smallest absolute Gasteiger partial charge is 0.238 e. The second-order valence-corrected chi connectivity index (χ2v) is 2.14. The van der Waals surface area contributed by atoms with Gasteiger partial charge in [0.25, 0.3) is 0 Å². The molecule has 3 heteroatoms. The van der Waals surface area contributed by atoms with E-state index in [9.17, 15) is 4.79 Å². The fraction of sp³-hybridized carbons (Fsp3) is 0.571. The van der Waals surface area contributed by atoms with Crippen molar-refractivity contribution in [1.82, 2.24) is 0 Å². The van der Waals surface area contributed by atoms with Gasteiger partial charge in [0.15, 0.2) is 0 Å². The first kappa shape index (κ1) is 9.17. The molecular weight excluding hydrogens is 128 g/mol. The molecule has 0 aromatic heterocycles. The van der Waals surface area contributed by atoms with Crippen LogP contribution in [0.3, 0.4) is 0 Å². The largest absolute Gasteiger partial charge is 0.368 e. The molecule has 4 N–H and O–H groups in total. The van der Waals surface area contributed by atoms with Gasteiger partial charge in [0.05, 0.1) is 0 Å². The lowest BCUT2D eigenvalue weighted by Crippen LogP contribution is -2.34. The van der Waals surface area contributed by atoms with Crippen molar-refractivity contribution in [2.75, 3.05) is 0 Å². The average Bonchev–Trinajstić information content (AvgIpc) is 1.88. The number of hydrogen-bond donors (Lipinski definition) is 2. The van der Waals surface area contributed by atoms with E-state index < -0.39 is 11.9 Å². The van der Waals surface area contributed by atoms with Crippen LogP contribution in [0.25, 0.3) is 0 Å². The minimum absolute atomic E-state index is 0.479. The molecule has 58 valence electrons. The summed E-state index contributed by atoms with van der Waals surface area (Å²) in [6, 6.07) is -0.619. The highest BCUT2D eigenvalue weighted by molar-refractivity contribution is 5.81. The van der Waals surface area contributed by atoms with Crippen molar-refractivity contribution in [3.05, 3.63) is 12.2 Å². The van der Waals surface area contributed by atoms with E-state index in [-0.39, 0.29) is 0 Å². The molecule has 0 bridgehead atoms. The molecule has 0 aliphatic rings. The SMILES string of the molecule is CCC/C=C\C(N)C(N)=O. The number of amides is 1. The summed E-state index contributed by atoms with van der Waals surface area (Å²) < 4.78 is 0. The third kappa shape index (κ3) is 4.09. The summed E-state index contributed by atoms with van der Waals surface area (Å²) >= 11 is 0. The minimum Gasteiger partial charge on any atom is -0.368 e. The van der Waals surface area contributed by atoms with E-state index in [4.69, 9.17) is 11.5 Å². The highest BCUT2D eigenvalue weighted by atomic mass is 16.1. The molecule has 0 saturated carbocycles. The first-order valence-electron chi connectivity index (χ1n) is 3.40. The lowest BCUT2D eigenvalue weighted by Gasteiger charge is -1.97. The van der Waals surface area contributed by atoms with Crippen molar-refractivity contribution in [3.63, 3.8) is 0 Å². The standard InChI is InChI=1S/C7H14N2O/c1-2-3-4-5-6(8)7(9)10/h4-6H,2-3,8H2,1H3,(H2,9,10)/b5-4-. The predicted molar refractivity (Wildman–Crippen MR) is 41.2 cm³/mol. The predicted octanol–water partition coefficient (Wildman–Crippen LogP) is 0.155. The number of carbonyl (C=O) groups excluding carboxylic acids is 1. The van der Waals surface area contributed by atoms with Crippen molar-refractivity contribution in [1.29, 1.82) is 0 Å². The number of allylic oxidation sites excluding steroid dienone is 1. The van der Waals surface area contributed by atoms with Crippen LogP contribution in [0.15, 0.2) is 12.2 Å². The quantitative estimate of drug-likeness (QED) is 0.549. The maximum absolute atomic E-state index is 10.3. The first-order chi connectivity index (χ1) is 4.68. The summed E-state index contributed by atoms with van der Waals surface area (Å²) in [5, 5.41) is 0. The number of primary amides is 1. The number of nitrogens with two attached hydrogens (primary N) is 2. The lowest BCUT2D eigenvalue weighted by atomic mass is 10.2. The van der Waals surface area contributed by atoms with Crippen LogP contribution in [0, 0.1) is 0 Å². The van der Waals surface area contributed by atoms with E-state index in [0.717, 1.165) is 12.8 Å². The molecule has 0 spiro atoms. The van der Waals surface area contributed by atoms with Crippen LogP contribution in [0.1, 0.15) is 19.8 Å². The highest BCUT2D eigenvalue weighted by Crippen LogP contribution is 1.89.